The van der Waals surface area contributed by atoms with Gasteiger partial charge in [0.15, 0.2) is 0 Å². The number of hydrogen-bond donors (Lipinski definition) is 2. The summed E-state index contributed by atoms with van der Waals surface area (Å²) in [5.74, 6) is 4.29. The second-order valence-corrected chi connectivity index (χ2v) is 4.67. The standard InChI is InChI=1S/C11H12F2N4S/c1-6-11(18-17-16-6)10(15-14)4-7-2-3-8(12)5-9(7)13/h2-3,5,10,15H,4,14H2,1H3. The monoisotopic (exact) mass is 270 g/mol. The van der Waals surface area contributed by atoms with Gasteiger partial charge in [-0.1, -0.05) is 10.6 Å². The molecule has 0 bridgehead atoms. The maximum absolute atomic E-state index is 13.6. The number of nitrogens with zero attached hydrogens (tertiary/aromatic N) is 2. The van der Waals surface area contributed by atoms with E-state index in [1.54, 1.807) is 0 Å². The Morgan fingerprint density at radius 2 is 2.22 bits per heavy atom. The van der Waals surface area contributed by atoms with Crippen molar-refractivity contribution in [2.45, 2.75) is 19.4 Å². The lowest BCUT2D eigenvalue weighted by molar-refractivity contribution is 0.525. The zero-order chi connectivity index (χ0) is 13.1. The van der Waals surface area contributed by atoms with E-state index in [0.29, 0.717) is 12.0 Å². The summed E-state index contributed by atoms with van der Waals surface area (Å²) < 4.78 is 30.2. The summed E-state index contributed by atoms with van der Waals surface area (Å²) in [6.45, 7) is 1.81. The first-order chi connectivity index (χ1) is 8.61. The molecule has 0 saturated heterocycles. The zero-order valence-corrected chi connectivity index (χ0v) is 10.5. The van der Waals surface area contributed by atoms with E-state index in [-0.39, 0.29) is 6.04 Å². The molecule has 0 aliphatic rings. The lowest BCUT2D eigenvalue weighted by atomic mass is 10.0. The minimum Gasteiger partial charge on any atom is -0.271 e. The maximum Gasteiger partial charge on any atom is 0.129 e. The van der Waals surface area contributed by atoms with Gasteiger partial charge in [-0.2, -0.15) is 0 Å². The van der Waals surface area contributed by atoms with Gasteiger partial charge in [-0.05, 0) is 36.5 Å². The predicted octanol–water partition coefficient (Wildman–Crippen LogP) is 1.87. The van der Waals surface area contributed by atoms with Crippen LogP contribution in [0.5, 0.6) is 0 Å². The first kappa shape index (κ1) is 13.0. The van der Waals surface area contributed by atoms with Crippen LogP contribution in [0.3, 0.4) is 0 Å². The molecule has 0 spiro atoms. The third-order valence-corrected chi connectivity index (χ3v) is 3.58. The zero-order valence-electron chi connectivity index (χ0n) is 9.65. The fraction of sp³-hybridized carbons (Fsp3) is 0.273. The molecule has 0 amide bonds. The minimum atomic E-state index is -0.593. The fourth-order valence-corrected chi connectivity index (χ4v) is 2.39. The van der Waals surface area contributed by atoms with E-state index in [1.165, 1.54) is 23.7 Å². The number of rotatable bonds is 4. The summed E-state index contributed by atoms with van der Waals surface area (Å²) in [5.41, 5.74) is 3.76. The molecule has 1 aromatic heterocycles. The van der Waals surface area contributed by atoms with Crippen LogP contribution in [0.2, 0.25) is 0 Å². The van der Waals surface area contributed by atoms with Gasteiger partial charge in [0.1, 0.15) is 11.6 Å². The number of benzene rings is 1. The Morgan fingerprint density at radius 3 is 2.78 bits per heavy atom. The Bertz CT molecular complexity index is 544. The maximum atomic E-state index is 13.6. The highest BCUT2D eigenvalue weighted by Gasteiger charge is 2.18. The highest BCUT2D eigenvalue weighted by molar-refractivity contribution is 7.05. The van der Waals surface area contributed by atoms with Crippen LogP contribution >= 0.6 is 11.5 Å². The lowest BCUT2D eigenvalue weighted by Crippen LogP contribution is -2.29. The molecule has 1 atom stereocenters. The lowest BCUT2D eigenvalue weighted by Gasteiger charge is -2.14. The topological polar surface area (TPSA) is 63.8 Å². The normalized spacial score (nSPS) is 12.7. The molecule has 0 aliphatic carbocycles. The smallest absolute Gasteiger partial charge is 0.129 e. The Labute approximate surface area is 107 Å². The third-order valence-electron chi connectivity index (χ3n) is 2.64. The Balaban J connectivity index is 2.23. The first-order valence-electron chi connectivity index (χ1n) is 5.30. The molecular formula is C11H12F2N4S. The van der Waals surface area contributed by atoms with Crippen LogP contribution in [0.25, 0.3) is 0 Å². The van der Waals surface area contributed by atoms with Crippen molar-refractivity contribution >= 4 is 11.5 Å². The van der Waals surface area contributed by atoms with Gasteiger partial charge in [-0.25, -0.2) is 8.78 Å². The van der Waals surface area contributed by atoms with E-state index >= 15 is 0 Å². The Morgan fingerprint density at radius 1 is 1.44 bits per heavy atom. The average Bonchev–Trinajstić information content (AvgIpc) is 2.75. The van der Waals surface area contributed by atoms with Crippen molar-refractivity contribution in [1.82, 2.24) is 15.0 Å². The number of nitrogens with two attached hydrogens (primary N) is 1. The molecular weight excluding hydrogens is 258 g/mol. The van der Waals surface area contributed by atoms with Gasteiger partial charge in [0, 0.05) is 6.07 Å². The van der Waals surface area contributed by atoms with Gasteiger partial charge in [0.2, 0.25) is 0 Å². The van der Waals surface area contributed by atoms with Gasteiger partial charge in [0.25, 0.3) is 0 Å². The van der Waals surface area contributed by atoms with Crippen molar-refractivity contribution in [3.05, 3.63) is 46.0 Å². The van der Waals surface area contributed by atoms with Crippen molar-refractivity contribution in [2.24, 2.45) is 5.84 Å². The first-order valence-corrected chi connectivity index (χ1v) is 6.08. The van der Waals surface area contributed by atoms with Crippen molar-refractivity contribution in [1.29, 1.82) is 0 Å². The summed E-state index contributed by atoms with van der Waals surface area (Å²) in [5, 5.41) is 3.88. The molecule has 18 heavy (non-hydrogen) atoms. The van der Waals surface area contributed by atoms with Crippen molar-refractivity contribution in [3.8, 4) is 0 Å². The number of hydrazine groups is 1. The van der Waals surface area contributed by atoms with Crippen LogP contribution < -0.4 is 11.3 Å². The molecule has 0 radical (unpaired) electrons. The molecule has 1 aromatic carbocycles. The van der Waals surface area contributed by atoms with Crippen LogP contribution in [0, 0.1) is 18.6 Å². The molecule has 7 heteroatoms. The van der Waals surface area contributed by atoms with Crippen LogP contribution in [-0.4, -0.2) is 9.59 Å². The van der Waals surface area contributed by atoms with E-state index in [2.05, 4.69) is 15.0 Å². The highest BCUT2D eigenvalue weighted by atomic mass is 32.1. The number of aromatic nitrogens is 2. The van der Waals surface area contributed by atoms with Crippen LogP contribution in [0.4, 0.5) is 8.78 Å². The van der Waals surface area contributed by atoms with E-state index < -0.39 is 11.6 Å². The molecule has 1 unspecified atom stereocenters. The quantitative estimate of drug-likeness (QED) is 0.657. The number of nitrogens with one attached hydrogen (secondary N) is 1. The van der Waals surface area contributed by atoms with E-state index in [9.17, 15) is 8.78 Å². The van der Waals surface area contributed by atoms with Crippen LogP contribution in [0.1, 0.15) is 22.2 Å². The molecule has 4 nitrogen and oxygen atoms in total. The largest absolute Gasteiger partial charge is 0.271 e. The molecule has 96 valence electrons. The summed E-state index contributed by atoms with van der Waals surface area (Å²) in [4.78, 5) is 0.848. The summed E-state index contributed by atoms with van der Waals surface area (Å²) in [6, 6.07) is 3.22. The second-order valence-electron chi connectivity index (χ2n) is 3.88. The third kappa shape index (κ3) is 2.69. The SMILES string of the molecule is Cc1nnsc1C(Cc1ccc(F)cc1F)NN. The van der Waals surface area contributed by atoms with Crippen LogP contribution in [-0.2, 0) is 6.42 Å². The van der Waals surface area contributed by atoms with E-state index in [4.69, 9.17) is 5.84 Å². The Hall–Kier alpha value is -1.44. The summed E-state index contributed by atoms with van der Waals surface area (Å²) in [6.07, 6.45) is 0.313. The second kappa shape index (κ2) is 5.47. The predicted molar refractivity (Wildman–Crippen MR) is 64.8 cm³/mol. The van der Waals surface area contributed by atoms with Crippen LogP contribution in [0.15, 0.2) is 18.2 Å². The van der Waals surface area contributed by atoms with E-state index in [0.717, 1.165) is 16.6 Å². The molecule has 0 saturated carbocycles. The van der Waals surface area contributed by atoms with Crippen molar-refractivity contribution < 1.29 is 8.78 Å². The van der Waals surface area contributed by atoms with E-state index in [1.807, 2.05) is 6.92 Å². The molecule has 1 heterocycles. The number of hydrogen-bond acceptors (Lipinski definition) is 5. The van der Waals surface area contributed by atoms with Gasteiger partial charge in [0.05, 0.1) is 16.6 Å². The summed E-state index contributed by atoms with van der Waals surface area (Å²) >= 11 is 1.21. The van der Waals surface area contributed by atoms with Gasteiger partial charge in [-0.3, -0.25) is 11.3 Å². The number of halogens is 2. The molecule has 0 aliphatic heterocycles. The van der Waals surface area contributed by atoms with Crippen molar-refractivity contribution in [3.63, 3.8) is 0 Å². The van der Waals surface area contributed by atoms with Gasteiger partial charge in [-0.15, -0.1) is 5.10 Å². The summed E-state index contributed by atoms with van der Waals surface area (Å²) in [7, 11) is 0. The molecule has 3 N–H and O–H groups in total. The minimum absolute atomic E-state index is 0.287. The highest BCUT2D eigenvalue weighted by Crippen LogP contribution is 2.24. The molecule has 2 aromatic rings. The van der Waals surface area contributed by atoms with Crippen molar-refractivity contribution in [2.75, 3.05) is 0 Å². The molecule has 2 rings (SSSR count). The average molecular weight is 270 g/mol. The number of aryl methyl sites for hydroxylation is 1. The Kier molecular flexibility index (Phi) is 3.95. The van der Waals surface area contributed by atoms with Gasteiger partial charge < -0.3 is 0 Å². The molecule has 0 fully saturated rings. The van der Waals surface area contributed by atoms with Gasteiger partial charge >= 0.3 is 0 Å². The fourth-order valence-electron chi connectivity index (χ4n) is 1.69.